The number of methoxy groups -OCH3 is 1. The number of imide groups is 1. The highest BCUT2D eigenvalue weighted by atomic mass is 32.2. The van der Waals surface area contributed by atoms with Crippen LogP contribution in [0.4, 0.5) is 0 Å². The van der Waals surface area contributed by atoms with Crippen molar-refractivity contribution in [3.8, 4) is 0 Å². The third-order valence-electron chi connectivity index (χ3n) is 7.25. The molecule has 7 unspecified atom stereocenters. The normalized spacial score (nSPS) is 37.8. The summed E-state index contributed by atoms with van der Waals surface area (Å²) in [7, 11) is -2.16. The molecule has 1 saturated heterocycles. The van der Waals surface area contributed by atoms with E-state index in [1.807, 2.05) is 26.0 Å². The van der Waals surface area contributed by atoms with Gasteiger partial charge < -0.3 is 9.47 Å². The standard InChI is InChI=1S/C11H15NO5S.C11H18O3/c1-3-7-5-4-6-8-9(7)11(14)12(10(8)13)17-18(2,15)16;1-7(12)14-11(2)9-5-4-8(6-9)10(11)13-3/h4-5,7-9H,3,6H2,1-2H3;8-10H,4-6H2,1-3H3. The van der Waals surface area contributed by atoms with Gasteiger partial charge in [0.25, 0.3) is 21.9 Å². The highest BCUT2D eigenvalue weighted by Gasteiger charge is 2.58. The first-order chi connectivity index (χ1) is 14.9. The van der Waals surface area contributed by atoms with E-state index in [1.54, 1.807) is 7.11 Å². The minimum Gasteiger partial charge on any atom is -0.456 e. The second-order valence-electron chi connectivity index (χ2n) is 9.32. The van der Waals surface area contributed by atoms with Crippen LogP contribution in [0.3, 0.4) is 0 Å². The smallest absolute Gasteiger partial charge is 0.303 e. The number of esters is 1. The number of nitrogens with zero attached hydrogens (tertiary/aromatic N) is 1. The van der Waals surface area contributed by atoms with Gasteiger partial charge in [-0.1, -0.05) is 19.1 Å². The number of carbonyl (C=O) groups is 3. The van der Waals surface area contributed by atoms with Gasteiger partial charge in [-0.15, -0.1) is 9.35 Å². The van der Waals surface area contributed by atoms with Crippen LogP contribution in [0.5, 0.6) is 0 Å². The molecule has 3 fully saturated rings. The Labute approximate surface area is 189 Å². The average Bonchev–Trinajstić information content (AvgIpc) is 3.35. The van der Waals surface area contributed by atoms with Crippen LogP contribution in [-0.4, -0.2) is 56.3 Å². The molecule has 9 nitrogen and oxygen atoms in total. The van der Waals surface area contributed by atoms with Gasteiger partial charge in [-0.3, -0.25) is 14.4 Å². The first-order valence-corrected chi connectivity index (χ1v) is 12.9. The Morgan fingerprint density at radius 1 is 1.25 bits per heavy atom. The summed E-state index contributed by atoms with van der Waals surface area (Å²) in [4.78, 5) is 35.1. The maximum absolute atomic E-state index is 12.1. The average molecular weight is 472 g/mol. The molecule has 7 atom stereocenters. The SMILES string of the molecule is CCC1C=CCC2C(=O)N(OS(C)(=O)=O)C(=O)C12.COC1C2CCC(C2)C1(C)OC(C)=O. The lowest BCUT2D eigenvalue weighted by atomic mass is 9.76. The van der Waals surface area contributed by atoms with Crippen LogP contribution in [0.2, 0.25) is 0 Å². The molecule has 0 aromatic rings. The van der Waals surface area contributed by atoms with Gasteiger partial charge in [-0.05, 0) is 50.9 Å². The molecule has 4 rings (SSSR count). The van der Waals surface area contributed by atoms with Crippen molar-refractivity contribution in [1.29, 1.82) is 0 Å². The lowest BCUT2D eigenvalue weighted by Crippen LogP contribution is -2.48. The van der Waals surface area contributed by atoms with E-state index >= 15 is 0 Å². The zero-order chi connectivity index (χ0) is 23.8. The van der Waals surface area contributed by atoms with Gasteiger partial charge >= 0.3 is 5.97 Å². The number of amides is 2. The molecule has 4 aliphatic rings. The van der Waals surface area contributed by atoms with E-state index in [9.17, 15) is 22.8 Å². The van der Waals surface area contributed by atoms with E-state index < -0.39 is 33.8 Å². The highest BCUT2D eigenvalue weighted by molar-refractivity contribution is 7.85. The number of fused-ring (bicyclic) bond motifs is 3. The number of hydrogen-bond donors (Lipinski definition) is 0. The van der Waals surface area contributed by atoms with Crippen molar-refractivity contribution in [2.75, 3.05) is 13.4 Å². The summed E-state index contributed by atoms with van der Waals surface area (Å²) in [5.41, 5.74) is -0.372. The number of ether oxygens (including phenoxy) is 2. The minimum atomic E-state index is -3.88. The maximum Gasteiger partial charge on any atom is 0.303 e. The van der Waals surface area contributed by atoms with Crippen LogP contribution >= 0.6 is 0 Å². The second-order valence-corrected chi connectivity index (χ2v) is 10.9. The van der Waals surface area contributed by atoms with Gasteiger partial charge in [-0.2, -0.15) is 8.42 Å². The minimum absolute atomic E-state index is 0.0339. The van der Waals surface area contributed by atoms with Gasteiger partial charge in [-0.25, -0.2) is 0 Å². The van der Waals surface area contributed by atoms with Crippen LogP contribution in [0, 0.1) is 29.6 Å². The molecule has 32 heavy (non-hydrogen) atoms. The monoisotopic (exact) mass is 471 g/mol. The van der Waals surface area contributed by atoms with E-state index in [1.165, 1.54) is 19.8 Å². The molecule has 0 aromatic heterocycles. The molecule has 10 heteroatoms. The molecule has 0 aromatic carbocycles. The molecular formula is C22H33NO8S. The number of hydrogen-bond acceptors (Lipinski definition) is 8. The van der Waals surface area contributed by atoms with Crippen molar-refractivity contribution in [1.82, 2.24) is 5.06 Å². The lowest BCUT2D eigenvalue weighted by Gasteiger charge is -2.39. The predicted octanol–water partition coefficient (Wildman–Crippen LogP) is 2.22. The van der Waals surface area contributed by atoms with E-state index in [-0.39, 0.29) is 23.6 Å². The lowest BCUT2D eigenvalue weighted by molar-refractivity contribution is -0.179. The summed E-state index contributed by atoms with van der Waals surface area (Å²) >= 11 is 0. The van der Waals surface area contributed by atoms with Crippen LogP contribution in [0.25, 0.3) is 0 Å². The first-order valence-electron chi connectivity index (χ1n) is 11.1. The van der Waals surface area contributed by atoms with E-state index in [4.69, 9.17) is 9.47 Å². The van der Waals surface area contributed by atoms with Crippen molar-refractivity contribution in [2.45, 2.75) is 64.6 Å². The molecule has 0 spiro atoms. The fourth-order valence-electron chi connectivity index (χ4n) is 5.96. The molecule has 2 bridgehead atoms. The summed E-state index contributed by atoms with van der Waals surface area (Å²) in [6, 6.07) is 0. The first kappa shape index (κ1) is 24.9. The molecular weight excluding hydrogens is 438 g/mol. The van der Waals surface area contributed by atoms with Crippen molar-refractivity contribution < 1.29 is 36.6 Å². The molecule has 1 heterocycles. The van der Waals surface area contributed by atoms with Crippen LogP contribution < -0.4 is 0 Å². The summed E-state index contributed by atoms with van der Waals surface area (Å²) in [5.74, 6) is -1.22. The Balaban J connectivity index is 0.000000186. The largest absolute Gasteiger partial charge is 0.456 e. The maximum atomic E-state index is 12.1. The van der Waals surface area contributed by atoms with E-state index in [0.717, 1.165) is 19.1 Å². The Morgan fingerprint density at radius 3 is 2.50 bits per heavy atom. The quantitative estimate of drug-likeness (QED) is 0.340. The summed E-state index contributed by atoms with van der Waals surface area (Å²) in [6.45, 7) is 5.42. The Bertz CT molecular complexity index is 900. The van der Waals surface area contributed by atoms with Crippen LogP contribution in [0.15, 0.2) is 12.2 Å². The van der Waals surface area contributed by atoms with Gasteiger partial charge in [0, 0.05) is 20.0 Å². The second kappa shape index (κ2) is 9.23. The van der Waals surface area contributed by atoms with Gasteiger partial charge in [0.1, 0.15) is 5.60 Å². The van der Waals surface area contributed by atoms with Gasteiger partial charge in [0.2, 0.25) is 0 Å². The van der Waals surface area contributed by atoms with Gasteiger partial charge in [0.05, 0.1) is 24.2 Å². The number of hydroxylamine groups is 2. The number of carbonyl (C=O) groups excluding carboxylic acids is 3. The van der Waals surface area contributed by atoms with Crippen LogP contribution in [0.1, 0.15) is 52.9 Å². The van der Waals surface area contributed by atoms with Crippen molar-refractivity contribution >= 4 is 27.9 Å². The topological polar surface area (TPSA) is 116 Å². The van der Waals surface area contributed by atoms with Gasteiger partial charge in [0.15, 0.2) is 0 Å². The van der Waals surface area contributed by atoms with Crippen molar-refractivity contribution in [3.05, 3.63) is 12.2 Å². The van der Waals surface area contributed by atoms with Crippen molar-refractivity contribution in [2.24, 2.45) is 29.6 Å². The summed E-state index contributed by atoms with van der Waals surface area (Å²) < 4.78 is 37.5. The van der Waals surface area contributed by atoms with Crippen molar-refractivity contribution in [3.63, 3.8) is 0 Å². The third-order valence-corrected chi connectivity index (χ3v) is 7.67. The Morgan fingerprint density at radius 2 is 1.94 bits per heavy atom. The third kappa shape index (κ3) is 4.63. The van der Waals surface area contributed by atoms with Crippen LogP contribution in [-0.2, 0) is 38.3 Å². The Hall–Kier alpha value is -1.78. The Kier molecular flexibility index (Phi) is 7.17. The molecule has 3 aliphatic carbocycles. The number of allylic oxidation sites excluding steroid dienone is 2. The molecule has 0 radical (unpaired) electrons. The summed E-state index contributed by atoms with van der Waals surface area (Å²) in [5, 5.41) is 0.417. The fraction of sp³-hybridized carbons (Fsp3) is 0.773. The zero-order valence-corrected chi connectivity index (χ0v) is 20.1. The molecule has 2 saturated carbocycles. The van der Waals surface area contributed by atoms with E-state index in [0.29, 0.717) is 23.3 Å². The highest BCUT2D eigenvalue weighted by Crippen LogP contribution is 2.53. The summed E-state index contributed by atoms with van der Waals surface area (Å²) in [6.07, 6.45) is 9.42. The molecule has 180 valence electrons. The molecule has 1 aliphatic heterocycles. The van der Waals surface area contributed by atoms with E-state index in [2.05, 4.69) is 4.28 Å². The molecule has 2 amide bonds. The number of rotatable bonds is 5. The fourth-order valence-corrected chi connectivity index (χ4v) is 6.38. The zero-order valence-electron chi connectivity index (χ0n) is 19.3. The molecule has 0 N–H and O–H groups in total. The predicted molar refractivity (Wildman–Crippen MR) is 114 cm³/mol.